The summed E-state index contributed by atoms with van der Waals surface area (Å²) in [5.41, 5.74) is 2.72. The van der Waals surface area contributed by atoms with E-state index in [1.54, 1.807) is 0 Å². The van der Waals surface area contributed by atoms with Crippen LogP contribution in [0.5, 0.6) is 0 Å². The summed E-state index contributed by atoms with van der Waals surface area (Å²) in [5, 5.41) is 2.87. The molecule has 0 unspecified atom stereocenters. The van der Waals surface area contributed by atoms with Gasteiger partial charge in [-0.2, -0.15) is 0 Å². The molecule has 3 rings (SSSR count). The number of aromatic nitrogens is 2. The second kappa shape index (κ2) is 6.60. The first-order chi connectivity index (χ1) is 11.2. The molecule has 5 heteroatoms. The quantitative estimate of drug-likeness (QED) is 0.699. The number of fused-ring (bicyclic) bond motifs is 1. The minimum atomic E-state index is -0.344. The summed E-state index contributed by atoms with van der Waals surface area (Å²) < 4.78 is 15.1. The molecule has 0 aliphatic heterocycles. The van der Waals surface area contributed by atoms with Crippen LogP contribution in [-0.2, 0) is 13.0 Å². The van der Waals surface area contributed by atoms with Crippen LogP contribution in [0.1, 0.15) is 23.1 Å². The van der Waals surface area contributed by atoms with Gasteiger partial charge in [0.2, 0.25) is 0 Å². The Bertz CT molecular complexity index is 824. The van der Waals surface area contributed by atoms with Gasteiger partial charge in [-0.3, -0.25) is 4.79 Å². The molecule has 2 N–H and O–H groups in total. The molecule has 0 fully saturated rings. The number of carbonyl (C=O) groups excluding carboxylic acids is 1. The zero-order valence-electron chi connectivity index (χ0n) is 13.0. The van der Waals surface area contributed by atoms with Gasteiger partial charge in [0, 0.05) is 12.1 Å². The number of aromatic amines is 1. The number of halogens is 1. The van der Waals surface area contributed by atoms with E-state index in [-0.39, 0.29) is 11.7 Å². The van der Waals surface area contributed by atoms with Gasteiger partial charge < -0.3 is 5.32 Å². The van der Waals surface area contributed by atoms with Crippen molar-refractivity contribution in [2.24, 2.45) is 0 Å². The van der Waals surface area contributed by atoms with Gasteiger partial charge >= 0.3 is 0 Å². The summed E-state index contributed by atoms with van der Waals surface area (Å²) in [6.45, 7) is 3.48. The van der Waals surface area contributed by atoms with Gasteiger partial charge in [0.25, 0.3) is 11.7 Å². The average Bonchev–Trinajstić information content (AvgIpc) is 2.92. The fourth-order valence-electron chi connectivity index (χ4n) is 2.74. The topological polar surface area (TPSA) is 48.8 Å². The zero-order valence-corrected chi connectivity index (χ0v) is 13.0. The number of nitrogens with zero attached hydrogens (tertiary/aromatic N) is 1. The number of hydrogen-bond acceptors (Lipinski definition) is 1. The standard InChI is InChI=1S/C18H18FN3O/c1-2-22-16-6-4-3-5-15(16)21-17(22)11-12-20-18(23)13-7-9-14(19)10-8-13/h3-10H,2,11-12H2,1H3,(H,20,23)/p+1. The van der Waals surface area contributed by atoms with Crippen molar-refractivity contribution in [1.29, 1.82) is 0 Å². The number of hydrogen-bond donors (Lipinski definition) is 2. The Hall–Kier alpha value is -2.69. The number of carbonyl (C=O) groups is 1. The van der Waals surface area contributed by atoms with Gasteiger partial charge in [-0.1, -0.05) is 12.1 Å². The fraction of sp³-hybridized carbons (Fsp3) is 0.222. The molecule has 0 radical (unpaired) electrons. The molecule has 0 spiro atoms. The second-order valence-corrected chi connectivity index (χ2v) is 5.35. The van der Waals surface area contributed by atoms with Gasteiger partial charge in [0.05, 0.1) is 13.0 Å². The van der Waals surface area contributed by atoms with Gasteiger partial charge in [0.1, 0.15) is 5.82 Å². The highest BCUT2D eigenvalue weighted by Crippen LogP contribution is 2.09. The highest BCUT2D eigenvalue weighted by molar-refractivity contribution is 5.94. The summed E-state index contributed by atoms with van der Waals surface area (Å²) >= 11 is 0. The molecule has 4 nitrogen and oxygen atoms in total. The predicted octanol–water partition coefficient (Wildman–Crippen LogP) is 2.59. The van der Waals surface area contributed by atoms with Crippen LogP contribution >= 0.6 is 0 Å². The first-order valence-corrected chi connectivity index (χ1v) is 7.72. The van der Waals surface area contributed by atoms with E-state index in [0.29, 0.717) is 18.5 Å². The van der Waals surface area contributed by atoms with Crippen LogP contribution in [0.2, 0.25) is 0 Å². The molecule has 0 aliphatic carbocycles. The van der Waals surface area contributed by atoms with Crippen molar-refractivity contribution >= 4 is 16.9 Å². The molecule has 1 heterocycles. The van der Waals surface area contributed by atoms with Gasteiger partial charge in [-0.05, 0) is 43.3 Å². The molecular formula is C18H19FN3O+. The van der Waals surface area contributed by atoms with E-state index in [4.69, 9.17) is 0 Å². The third-order valence-corrected chi connectivity index (χ3v) is 3.87. The molecule has 118 valence electrons. The molecule has 0 saturated carbocycles. The Morgan fingerprint density at radius 3 is 2.65 bits per heavy atom. The maximum Gasteiger partial charge on any atom is 0.256 e. The average molecular weight is 312 g/mol. The Morgan fingerprint density at radius 2 is 1.91 bits per heavy atom. The van der Waals surface area contributed by atoms with Gasteiger partial charge in [-0.15, -0.1) is 0 Å². The van der Waals surface area contributed by atoms with Crippen molar-refractivity contribution in [3.05, 3.63) is 65.7 Å². The lowest BCUT2D eigenvalue weighted by molar-refractivity contribution is -0.675. The first-order valence-electron chi connectivity index (χ1n) is 7.72. The van der Waals surface area contributed by atoms with E-state index in [1.165, 1.54) is 24.3 Å². The number of para-hydroxylation sites is 2. The maximum atomic E-state index is 12.9. The van der Waals surface area contributed by atoms with Crippen molar-refractivity contribution in [3.63, 3.8) is 0 Å². The Balaban J connectivity index is 1.66. The molecule has 0 aliphatic rings. The molecule has 0 atom stereocenters. The molecule has 0 saturated heterocycles. The summed E-state index contributed by atoms with van der Waals surface area (Å²) in [6.07, 6.45) is 0.704. The SMILES string of the molecule is CC[n+]1c(CCNC(=O)c2ccc(F)cc2)[nH]c2ccccc21. The van der Waals surface area contributed by atoms with Crippen LogP contribution in [-0.4, -0.2) is 17.4 Å². The maximum absolute atomic E-state index is 12.9. The number of H-pyrrole nitrogens is 1. The minimum absolute atomic E-state index is 0.191. The van der Waals surface area contributed by atoms with E-state index >= 15 is 0 Å². The summed E-state index contributed by atoms with van der Waals surface area (Å²) in [5.74, 6) is 0.542. The van der Waals surface area contributed by atoms with E-state index in [2.05, 4.69) is 27.9 Å². The lowest BCUT2D eigenvalue weighted by atomic mass is 10.2. The first kappa shape index (κ1) is 15.2. The molecule has 0 bridgehead atoms. The predicted molar refractivity (Wildman–Crippen MR) is 86.6 cm³/mol. The Kier molecular flexibility index (Phi) is 4.37. The number of benzene rings is 2. The van der Waals surface area contributed by atoms with E-state index < -0.39 is 0 Å². The number of imidazole rings is 1. The van der Waals surface area contributed by atoms with Crippen LogP contribution in [0.3, 0.4) is 0 Å². The number of amides is 1. The monoisotopic (exact) mass is 312 g/mol. The second-order valence-electron chi connectivity index (χ2n) is 5.35. The summed E-state index contributed by atoms with van der Waals surface area (Å²) in [6, 6.07) is 13.7. The fourth-order valence-corrected chi connectivity index (χ4v) is 2.74. The van der Waals surface area contributed by atoms with Crippen LogP contribution in [0.15, 0.2) is 48.5 Å². The molecule has 1 amide bonds. The highest BCUT2D eigenvalue weighted by Gasteiger charge is 2.16. The van der Waals surface area contributed by atoms with Crippen LogP contribution < -0.4 is 9.88 Å². The minimum Gasteiger partial charge on any atom is -0.351 e. The lowest BCUT2D eigenvalue weighted by Crippen LogP contribution is -2.37. The van der Waals surface area contributed by atoms with Crippen LogP contribution in [0.4, 0.5) is 4.39 Å². The van der Waals surface area contributed by atoms with E-state index in [9.17, 15) is 9.18 Å². The third-order valence-electron chi connectivity index (χ3n) is 3.87. The Labute approximate surface area is 134 Å². The number of nitrogens with one attached hydrogen (secondary N) is 2. The Morgan fingerprint density at radius 1 is 1.17 bits per heavy atom. The third kappa shape index (κ3) is 3.23. The highest BCUT2D eigenvalue weighted by atomic mass is 19.1. The van der Waals surface area contributed by atoms with E-state index in [0.717, 1.165) is 23.4 Å². The van der Waals surface area contributed by atoms with Crippen LogP contribution in [0.25, 0.3) is 11.0 Å². The largest absolute Gasteiger partial charge is 0.351 e. The molecule has 3 aromatic rings. The number of rotatable bonds is 5. The summed E-state index contributed by atoms with van der Waals surface area (Å²) in [7, 11) is 0. The molecular weight excluding hydrogens is 293 g/mol. The van der Waals surface area contributed by atoms with Crippen molar-refractivity contribution in [2.45, 2.75) is 19.9 Å². The summed E-state index contributed by atoms with van der Waals surface area (Å²) in [4.78, 5) is 15.4. The van der Waals surface area contributed by atoms with Crippen molar-refractivity contribution in [3.8, 4) is 0 Å². The van der Waals surface area contributed by atoms with Crippen molar-refractivity contribution in [1.82, 2.24) is 10.3 Å². The lowest BCUT2D eigenvalue weighted by Gasteiger charge is -2.04. The smallest absolute Gasteiger partial charge is 0.256 e. The normalized spacial score (nSPS) is 10.9. The van der Waals surface area contributed by atoms with Crippen LogP contribution in [0, 0.1) is 5.82 Å². The molecule has 23 heavy (non-hydrogen) atoms. The zero-order chi connectivity index (χ0) is 16.2. The van der Waals surface area contributed by atoms with E-state index in [1.807, 2.05) is 18.2 Å². The van der Waals surface area contributed by atoms with Gasteiger partial charge in [-0.25, -0.2) is 13.9 Å². The number of aryl methyl sites for hydroxylation is 1. The molecule has 1 aromatic heterocycles. The van der Waals surface area contributed by atoms with Gasteiger partial charge in [0.15, 0.2) is 11.0 Å². The van der Waals surface area contributed by atoms with Crippen molar-refractivity contribution in [2.75, 3.05) is 6.54 Å². The molecule has 2 aromatic carbocycles. The van der Waals surface area contributed by atoms with Crippen molar-refractivity contribution < 1.29 is 13.8 Å².